The van der Waals surface area contributed by atoms with Crippen molar-refractivity contribution in [3.63, 3.8) is 0 Å². The molecule has 0 saturated carbocycles. The molecule has 5 heteroatoms. The number of rotatable bonds is 3. The lowest BCUT2D eigenvalue weighted by Crippen LogP contribution is -2.61. The highest BCUT2D eigenvalue weighted by Gasteiger charge is 2.42. The van der Waals surface area contributed by atoms with Crippen molar-refractivity contribution in [3.05, 3.63) is 35.4 Å². The molecule has 0 aromatic heterocycles. The molecule has 2 fully saturated rings. The normalized spacial score (nSPS) is 24.5. The number of hydrogen-bond donors (Lipinski definition) is 2. The smallest absolute Gasteiger partial charge is 0.250 e. The lowest BCUT2D eigenvalue weighted by atomic mass is 9.89. The van der Waals surface area contributed by atoms with Crippen molar-refractivity contribution in [1.82, 2.24) is 15.5 Å². The van der Waals surface area contributed by atoms with E-state index in [0.717, 1.165) is 38.0 Å². The van der Waals surface area contributed by atoms with Gasteiger partial charge in [0.2, 0.25) is 0 Å². The molecule has 1 aromatic carbocycles. The molecule has 2 saturated heterocycles. The highest BCUT2D eigenvalue weighted by molar-refractivity contribution is 5.81. The zero-order valence-corrected chi connectivity index (χ0v) is 14.1. The molecule has 126 valence electrons. The summed E-state index contributed by atoms with van der Waals surface area (Å²) in [6.07, 6.45) is 1.57. The molecular formula is C18H27N3O2. The zero-order valence-electron chi connectivity index (χ0n) is 14.1. The van der Waals surface area contributed by atoms with Crippen molar-refractivity contribution in [1.29, 1.82) is 0 Å². The maximum absolute atomic E-state index is 12.5. The van der Waals surface area contributed by atoms with E-state index in [1.165, 1.54) is 5.56 Å². The SMILES string of the molecule is Cc1ccc(CNC(=O)C2CN(C)CC3(CCNCC3)O2)cc1. The Morgan fingerprint density at radius 3 is 2.74 bits per heavy atom. The van der Waals surface area contributed by atoms with Crippen LogP contribution in [0.2, 0.25) is 0 Å². The number of likely N-dealkylation sites (N-methyl/N-ethyl adjacent to an activating group) is 1. The molecule has 2 aliphatic heterocycles. The van der Waals surface area contributed by atoms with E-state index >= 15 is 0 Å². The number of hydrogen-bond acceptors (Lipinski definition) is 4. The van der Waals surface area contributed by atoms with Gasteiger partial charge in [-0.3, -0.25) is 4.79 Å². The van der Waals surface area contributed by atoms with Crippen molar-refractivity contribution in [2.24, 2.45) is 0 Å². The second-order valence-electron chi connectivity index (χ2n) is 6.94. The van der Waals surface area contributed by atoms with Crippen LogP contribution in [-0.2, 0) is 16.1 Å². The summed E-state index contributed by atoms with van der Waals surface area (Å²) in [6.45, 7) is 6.12. The molecule has 23 heavy (non-hydrogen) atoms. The number of morpholine rings is 1. The highest BCUT2D eigenvalue weighted by Crippen LogP contribution is 2.29. The van der Waals surface area contributed by atoms with Crippen LogP contribution in [0.5, 0.6) is 0 Å². The van der Waals surface area contributed by atoms with Gasteiger partial charge in [-0.25, -0.2) is 0 Å². The number of amides is 1. The average Bonchev–Trinajstić information content (AvgIpc) is 2.54. The first-order valence-corrected chi connectivity index (χ1v) is 8.47. The van der Waals surface area contributed by atoms with Gasteiger partial charge in [0.1, 0.15) is 6.10 Å². The number of carbonyl (C=O) groups excluding carboxylic acids is 1. The summed E-state index contributed by atoms with van der Waals surface area (Å²) in [4.78, 5) is 14.8. The fourth-order valence-electron chi connectivity index (χ4n) is 3.52. The molecule has 5 nitrogen and oxygen atoms in total. The third-order valence-corrected chi connectivity index (χ3v) is 4.82. The molecule has 0 radical (unpaired) electrons. The number of carbonyl (C=O) groups is 1. The van der Waals surface area contributed by atoms with Crippen LogP contribution in [0, 0.1) is 6.92 Å². The first-order valence-electron chi connectivity index (χ1n) is 8.47. The first kappa shape index (κ1) is 16.4. The van der Waals surface area contributed by atoms with E-state index in [-0.39, 0.29) is 17.6 Å². The van der Waals surface area contributed by atoms with Crippen molar-refractivity contribution in [3.8, 4) is 0 Å². The Morgan fingerprint density at radius 1 is 1.35 bits per heavy atom. The largest absolute Gasteiger partial charge is 0.359 e. The van der Waals surface area contributed by atoms with E-state index in [1.54, 1.807) is 0 Å². The second kappa shape index (κ2) is 6.99. The fraction of sp³-hybridized carbons (Fsp3) is 0.611. The van der Waals surface area contributed by atoms with E-state index < -0.39 is 0 Å². The summed E-state index contributed by atoms with van der Waals surface area (Å²) < 4.78 is 6.26. The van der Waals surface area contributed by atoms with Crippen LogP contribution in [0.4, 0.5) is 0 Å². The summed E-state index contributed by atoms with van der Waals surface area (Å²) >= 11 is 0. The van der Waals surface area contributed by atoms with Gasteiger partial charge in [0.05, 0.1) is 5.60 Å². The Bertz CT molecular complexity index is 538. The van der Waals surface area contributed by atoms with Gasteiger partial charge in [-0.2, -0.15) is 0 Å². The molecule has 1 spiro atoms. The van der Waals surface area contributed by atoms with Gasteiger partial charge >= 0.3 is 0 Å². The first-order chi connectivity index (χ1) is 11.1. The van der Waals surface area contributed by atoms with Crippen LogP contribution in [0.15, 0.2) is 24.3 Å². The van der Waals surface area contributed by atoms with Crippen LogP contribution in [0.1, 0.15) is 24.0 Å². The monoisotopic (exact) mass is 317 g/mol. The Morgan fingerprint density at radius 2 is 2.04 bits per heavy atom. The van der Waals surface area contributed by atoms with E-state index in [1.807, 2.05) is 0 Å². The minimum atomic E-state index is -0.378. The molecule has 2 heterocycles. The summed E-state index contributed by atoms with van der Waals surface area (Å²) in [6, 6.07) is 8.24. The molecule has 1 atom stereocenters. The van der Waals surface area contributed by atoms with Gasteiger partial charge in [0, 0.05) is 19.6 Å². The third-order valence-electron chi connectivity index (χ3n) is 4.82. The Labute approximate surface area is 138 Å². The van der Waals surface area contributed by atoms with Crippen molar-refractivity contribution in [2.45, 2.75) is 38.0 Å². The number of ether oxygens (including phenoxy) is 1. The lowest BCUT2D eigenvalue weighted by molar-refractivity contribution is -0.176. The van der Waals surface area contributed by atoms with Gasteiger partial charge in [-0.15, -0.1) is 0 Å². The molecule has 0 aliphatic carbocycles. The van der Waals surface area contributed by atoms with Crippen LogP contribution in [0.3, 0.4) is 0 Å². The molecule has 2 aliphatic rings. The van der Waals surface area contributed by atoms with Crippen molar-refractivity contribution < 1.29 is 9.53 Å². The van der Waals surface area contributed by atoms with Crippen LogP contribution >= 0.6 is 0 Å². The summed E-state index contributed by atoms with van der Waals surface area (Å²) in [5, 5.41) is 6.39. The van der Waals surface area contributed by atoms with E-state index in [0.29, 0.717) is 13.1 Å². The van der Waals surface area contributed by atoms with Gasteiger partial charge in [0.25, 0.3) is 5.91 Å². The molecule has 0 bridgehead atoms. The number of aryl methyl sites for hydroxylation is 1. The van der Waals surface area contributed by atoms with Gasteiger partial charge in [-0.05, 0) is 45.5 Å². The molecule has 1 unspecified atom stereocenters. The number of nitrogens with zero attached hydrogens (tertiary/aromatic N) is 1. The minimum Gasteiger partial charge on any atom is -0.359 e. The standard InChI is InChI=1S/C18H27N3O2/c1-14-3-5-15(6-4-14)11-20-17(22)16-12-21(2)13-18(23-16)7-9-19-10-8-18/h3-6,16,19H,7-13H2,1-2H3,(H,20,22). The zero-order chi connectivity index (χ0) is 16.3. The topological polar surface area (TPSA) is 53.6 Å². The molecular weight excluding hydrogens is 290 g/mol. The molecule has 1 aromatic rings. The average molecular weight is 317 g/mol. The maximum Gasteiger partial charge on any atom is 0.250 e. The number of benzene rings is 1. The third kappa shape index (κ3) is 4.10. The van der Waals surface area contributed by atoms with E-state index in [2.05, 4.69) is 53.8 Å². The highest BCUT2D eigenvalue weighted by atomic mass is 16.5. The predicted octanol–water partition coefficient (Wildman–Crippen LogP) is 1.06. The quantitative estimate of drug-likeness (QED) is 0.875. The van der Waals surface area contributed by atoms with E-state index in [4.69, 9.17) is 4.74 Å². The number of piperidine rings is 1. The maximum atomic E-state index is 12.5. The summed E-state index contributed by atoms with van der Waals surface area (Å²) in [7, 11) is 2.08. The fourth-order valence-corrected chi connectivity index (χ4v) is 3.52. The lowest BCUT2D eigenvalue weighted by Gasteiger charge is -2.46. The van der Waals surface area contributed by atoms with Crippen LogP contribution in [-0.4, -0.2) is 55.7 Å². The minimum absolute atomic E-state index is 0.00460. The summed E-state index contributed by atoms with van der Waals surface area (Å²) in [5.74, 6) is -0.00460. The Balaban J connectivity index is 1.58. The van der Waals surface area contributed by atoms with Crippen molar-refractivity contribution >= 4 is 5.91 Å². The van der Waals surface area contributed by atoms with Gasteiger partial charge < -0.3 is 20.3 Å². The molecule has 3 rings (SSSR count). The van der Waals surface area contributed by atoms with Crippen LogP contribution < -0.4 is 10.6 Å². The Kier molecular flexibility index (Phi) is 4.99. The predicted molar refractivity (Wildman–Crippen MR) is 90.2 cm³/mol. The van der Waals surface area contributed by atoms with Crippen LogP contribution in [0.25, 0.3) is 0 Å². The van der Waals surface area contributed by atoms with Gasteiger partial charge in [-0.1, -0.05) is 29.8 Å². The number of nitrogens with one attached hydrogen (secondary N) is 2. The molecule has 1 amide bonds. The van der Waals surface area contributed by atoms with Crippen molar-refractivity contribution in [2.75, 3.05) is 33.2 Å². The molecule has 2 N–H and O–H groups in total. The van der Waals surface area contributed by atoms with E-state index in [9.17, 15) is 4.79 Å². The second-order valence-corrected chi connectivity index (χ2v) is 6.94. The van der Waals surface area contributed by atoms with Gasteiger partial charge in [0.15, 0.2) is 0 Å². The summed E-state index contributed by atoms with van der Waals surface area (Å²) in [5.41, 5.74) is 2.18. The Hall–Kier alpha value is -1.43.